The van der Waals surface area contributed by atoms with E-state index in [1.807, 2.05) is 6.07 Å². The maximum atomic E-state index is 13.7. The number of nitrogens with one attached hydrogen (secondary N) is 1. The van der Waals surface area contributed by atoms with Gasteiger partial charge in [0.25, 0.3) is 0 Å². The average Bonchev–Trinajstić information content (AvgIpc) is 3.54. The molecule has 34 heavy (non-hydrogen) atoms. The standard InChI is InChI=1S/C26H21ClN2O3S2/c1-11-4-2-3-5-14(11)17-18-15-10-16(21(18)33-23-22(17)34-26(32)28-23)20-19(15)24(30)29(25(20)31)13-8-6-12(27)7-9-13/h2-9,15-21H,10H2,1H3,(H,28,32)/t15-,16+,17-,18+,19-,20+,21-/m1/s1. The lowest BCUT2D eigenvalue weighted by Crippen LogP contribution is -2.42. The molecule has 0 spiro atoms. The minimum Gasteiger partial charge on any atom is -0.307 e. The number of anilines is 1. The van der Waals surface area contributed by atoms with Gasteiger partial charge >= 0.3 is 4.87 Å². The molecule has 4 aliphatic rings. The first-order valence-electron chi connectivity index (χ1n) is 11.5. The summed E-state index contributed by atoms with van der Waals surface area (Å²) >= 11 is 9.06. The van der Waals surface area contributed by atoms with Crippen LogP contribution in [0.1, 0.15) is 28.3 Å². The van der Waals surface area contributed by atoms with Crippen LogP contribution in [-0.2, 0) is 9.59 Å². The van der Waals surface area contributed by atoms with E-state index in [1.165, 1.54) is 27.4 Å². The molecule has 2 bridgehead atoms. The Balaban J connectivity index is 1.34. The fourth-order valence-corrected chi connectivity index (χ4v) is 10.2. The summed E-state index contributed by atoms with van der Waals surface area (Å²) in [5.41, 5.74) is 3.02. The van der Waals surface area contributed by atoms with Crippen LogP contribution in [0.4, 0.5) is 5.69 Å². The van der Waals surface area contributed by atoms with Gasteiger partial charge in [-0.2, -0.15) is 0 Å². The Hall–Kier alpha value is -2.35. The number of H-pyrrole nitrogens is 1. The van der Waals surface area contributed by atoms with Crippen LogP contribution >= 0.6 is 34.7 Å². The molecule has 7 rings (SSSR count). The van der Waals surface area contributed by atoms with Gasteiger partial charge in [0.2, 0.25) is 11.8 Å². The Labute approximate surface area is 209 Å². The van der Waals surface area contributed by atoms with Gasteiger partial charge in [0.05, 0.1) is 22.5 Å². The minimum atomic E-state index is -0.293. The Morgan fingerprint density at radius 1 is 0.971 bits per heavy atom. The second kappa shape index (κ2) is 7.33. The highest BCUT2D eigenvalue weighted by atomic mass is 35.5. The maximum absolute atomic E-state index is 13.7. The molecule has 2 amide bonds. The summed E-state index contributed by atoms with van der Waals surface area (Å²) in [6, 6.07) is 15.3. The zero-order valence-corrected chi connectivity index (χ0v) is 20.6. The third-order valence-electron chi connectivity index (χ3n) is 8.33. The van der Waals surface area contributed by atoms with Crippen LogP contribution in [-0.4, -0.2) is 22.0 Å². The van der Waals surface area contributed by atoms with Crippen molar-refractivity contribution in [2.24, 2.45) is 29.6 Å². The number of aromatic amines is 1. The Morgan fingerprint density at radius 3 is 2.41 bits per heavy atom. The molecule has 172 valence electrons. The van der Waals surface area contributed by atoms with Crippen molar-refractivity contribution in [3.63, 3.8) is 0 Å². The first-order chi connectivity index (χ1) is 16.4. The molecule has 8 heteroatoms. The predicted molar refractivity (Wildman–Crippen MR) is 134 cm³/mol. The first-order valence-corrected chi connectivity index (χ1v) is 13.6. The monoisotopic (exact) mass is 508 g/mol. The van der Waals surface area contributed by atoms with Crippen molar-refractivity contribution < 1.29 is 9.59 Å². The molecule has 2 aliphatic carbocycles. The molecule has 7 atom stereocenters. The second-order valence-corrected chi connectivity index (χ2v) is 12.4. The molecular weight excluding hydrogens is 488 g/mol. The summed E-state index contributed by atoms with van der Waals surface area (Å²) in [5, 5.41) is 1.72. The number of hydrogen-bond donors (Lipinski definition) is 1. The largest absolute Gasteiger partial charge is 0.307 e. The van der Waals surface area contributed by atoms with E-state index >= 15 is 0 Å². The molecule has 0 radical (unpaired) electrons. The average molecular weight is 509 g/mol. The Kier molecular flexibility index (Phi) is 4.52. The third-order valence-corrected chi connectivity index (χ3v) is 11.2. The molecule has 2 aliphatic heterocycles. The number of aryl methyl sites for hydroxylation is 1. The van der Waals surface area contributed by atoms with E-state index < -0.39 is 0 Å². The van der Waals surface area contributed by atoms with Gasteiger partial charge in [-0.1, -0.05) is 47.2 Å². The number of rotatable bonds is 2. The highest BCUT2D eigenvalue weighted by Gasteiger charge is 2.69. The van der Waals surface area contributed by atoms with E-state index in [-0.39, 0.29) is 57.4 Å². The summed E-state index contributed by atoms with van der Waals surface area (Å²) in [6.45, 7) is 2.11. The highest BCUT2D eigenvalue weighted by Crippen LogP contribution is 2.68. The van der Waals surface area contributed by atoms with Crippen LogP contribution in [0.3, 0.4) is 0 Å². The Morgan fingerprint density at radius 2 is 1.68 bits per heavy atom. The van der Waals surface area contributed by atoms with Crippen molar-refractivity contribution >= 4 is 52.2 Å². The molecule has 5 nitrogen and oxygen atoms in total. The lowest BCUT2D eigenvalue weighted by Gasteiger charge is -2.43. The fraction of sp³-hybridized carbons (Fsp3) is 0.346. The molecule has 3 fully saturated rings. The van der Waals surface area contributed by atoms with Crippen molar-refractivity contribution in [2.75, 3.05) is 4.90 Å². The molecule has 2 saturated carbocycles. The lowest BCUT2D eigenvalue weighted by atomic mass is 9.67. The quantitative estimate of drug-likeness (QED) is 0.490. The van der Waals surface area contributed by atoms with Crippen LogP contribution < -0.4 is 9.77 Å². The number of benzene rings is 2. The summed E-state index contributed by atoms with van der Waals surface area (Å²) in [4.78, 5) is 45.2. The topological polar surface area (TPSA) is 70.2 Å². The number of carbonyl (C=O) groups excluding carboxylic acids is 2. The molecule has 1 aromatic heterocycles. The van der Waals surface area contributed by atoms with Gasteiger partial charge in [-0.15, -0.1) is 11.8 Å². The van der Waals surface area contributed by atoms with Crippen LogP contribution in [0.2, 0.25) is 5.02 Å². The maximum Gasteiger partial charge on any atom is 0.305 e. The van der Waals surface area contributed by atoms with Crippen LogP contribution in [0, 0.1) is 36.5 Å². The van der Waals surface area contributed by atoms with Crippen LogP contribution in [0.15, 0.2) is 58.4 Å². The number of imide groups is 1. The minimum absolute atomic E-state index is 0.0373. The molecule has 2 aromatic carbocycles. The lowest BCUT2D eigenvalue weighted by molar-refractivity contribution is -0.123. The van der Waals surface area contributed by atoms with E-state index in [1.54, 1.807) is 36.0 Å². The summed E-state index contributed by atoms with van der Waals surface area (Å²) in [6.07, 6.45) is 0.894. The van der Waals surface area contributed by atoms with Crippen molar-refractivity contribution in [1.82, 2.24) is 4.98 Å². The zero-order chi connectivity index (χ0) is 23.3. The van der Waals surface area contributed by atoms with E-state index in [9.17, 15) is 14.4 Å². The number of thioether (sulfide) groups is 1. The van der Waals surface area contributed by atoms with Crippen molar-refractivity contribution in [2.45, 2.75) is 29.5 Å². The van der Waals surface area contributed by atoms with E-state index in [0.717, 1.165) is 16.3 Å². The highest BCUT2D eigenvalue weighted by molar-refractivity contribution is 8.00. The van der Waals surface area contributed by atoms with E-state index in [4.69, 9.17) is 11.6 Å². The fourth-order valence-electron chi connectivity index (χ4n) is 7.15. The number of aromatic nitrogens is 1. The summed E-state index contributed by atoms with van der Waals surface area (Å²) < 4.78 is 0. The zero-order valence-electron chi connectivity index (χ0n) is 18.2. The third kappa shape index (κ3) is 2.72. The Bertz CT molecular complexity index is 1410. The molecule has 0 unspecified atom stereocenters. The number of carbonyl (C=O) groups is 2. The van der Waals surface area contributed by atoms with Crippen LogP contribution in [0.25, 0.3) is 0 Å². The molecule has 1 N–H and O–H groups in total. The SMILES string of the molecule is Cc1ccccc1[C@H]1c2sc(=O)[nH]c2S[C@@H]2[C@H]3C[C@@H]([C@H]4C(=O)N(c5ccc(Cl)cc5)C(=O)[C@@H]34)[C@@H]12. The normalized spacial score (nSPS) is 33.2. The molecular formula is C26H21ClN2O3S2. The van der Waals surface area contributed by atoms with Crippen molar-refractivity contribution in [1.29, 1.82) is 0 Å². The number of hydrogen-bond acceptors (Lipinski definition) is 5. The van der Waals surface area contributed by atoms with E-state index in [2.05, 4.69) is 30.1 Å². The van der Waals surface area contributed by atoms with Gasteiger partial charge in [0.1, 0.15) is 0 Å². The molecule has 3 heterocycles. The number of halogens is 1. The summed E-state index contributed by atoms with van der Waals surface area (Å²) in [5.74, 6) is -0.207. The van der Waals surface area contributed by atoms with Gasteiger partial charge in [-0.3, -0.25) is 19.3 Å². The first kappa shape index (κ1) is 21.0. The smallest absolute Gasteiger partial charge is 0.305 e. The number of nitrogens with zero attached hydrogens (tertiary/aromatic N) is 1. The van der Waals surface area contributed by atoms with Gasteiger partial charge in [0, 0.05) is 21.1 Å². The van der Waals surface area contributed by atoms with Gasteiger partial charge in [-0.25, -0.2) is 0 Å². The number of fused-ring (bicyclic) bond motifs is 9. The molecule has 3 aromatic rings. The predicted octanol–water partition coefficient (Wildman–Crippen LogP) is 5.08. The van der Waals surface area contributed by atoms with Crippen LogP contribution in [0.5, 0.6) is 0 Å². The van der Waals surface area contributed by atoms with Gasteiger partial charge in [-0.05, 0) is 66.5 Å². The number of amides is 2. The van der Waals surface area contributed by atoms with E-state index in [0.29, 0.717) is 10.7 Å². The van der Waals surface area contributed by atoms with Crippen molar-refractivity contribution in [3.8, 4) is 0 Å². The van der Waals surface area contributed by atoms with Crippen molar-refractivity contribution in [3.05, 3.63) is 79.2 Å². The molecule has 1 saturated heterocycles. The second-order valence-electron chi connectivity index (χ2n) is 9.81. The number of thiazole rings is 1. The summed E-state index contributed by atoms with van der Waals surface area (Å²) in [7, 11) is 0. The van der Waals surface area contributed by atoms with Gasteiger partial charge < -0.3 is 4.98 Å². The van der Waals surface area contributed by atoms with Gasteiger partial charge in [0.15, 0.2) is 0 Å².